The predicted octanol–water partition coefficient (Wildman–Crippen LogP) is 4.55. The van der Waals surface area contributed by atoms with Gasteiger partial charge in [0.2, 0.25) is 0 Å². The maximum absolute atomic E-state index is 3.70. The van der Waals surface area contributed by atoms with E-state index in [1.165, 1.54) is 38.9 Å². The Balaban J connectivity index is 4.55. The number of rotatable bonds is 10. The SMILES string of the molecule is CCC(CC)CN(CC)CC(C)(CC)CNC(C)(C)C. The van der Waals surface area contributed by atoms with E-state index in [9.17, 15) is 0 Å². The van der Waals surface area contributed by atoms with Crippen molar-refractivity contribution in [1.29, 1.82) is 0 Å². The third-order valence-electron chi connectivity index (χ3n) is 4.62. The van der Waals surface area contributed by atoms with Crippen molar-refractivity contribution in [3.8, 4) is 0 Å². The zero-order valence-electron chi connectivity index (χ0n) is 15.5. The maximum Gasteiger partial charge on any atom is 0.00967 e. The molecule has 0 heterocycles. The first kappa shape index (κ1) is 19.9. The van der Waals surface area contributed by atoms with Gasteiger partial charge in [-0.05, 0) is 45.1 Å². The minimum Gasteiger partial charge on any atom is -0.311 e. The molecule has 1 N–H and O–H groups in total. The van der Waals surface area contributed by atoms with Crippen molar-refractivity contribution >= 4 is 0 Å². The molecule has 0 aliphatic heterocycles. The van der Waals surface area contributed by atoms with Crippen LogP contribution in [0.4, 0.5) is 0 Å². The molecule has 0 saturated carbocycles. The Kier molecular flexibility index (Phi) is 9.01. The summed E-state index contributed by atoms with van der Waals surface area (Å²) in [6, 6.07) is 0. The van der Waals surface area contributed by atoms with Crippen LogP contribution in [0.15, 0.2) is 0 Å². The first-order valence-corrected chi connectivity index (χ1v) is 8.67. The Bertz CT molecular complexity index is 240. The van der Waals surface area contributed by atoms with Crippen LogP contribution in [-0.4, -0.2) is 36.6 Å². The van der Waals surface area contributed by atoms with E-state index in [1.54, 1.807) is 0 Å². The van der Waals surface area contributed by atoms with Gasteiger partial charge in [0.25, 0.3) is 0 Å². The van der Waals surface area contributed by atoms with E-state index in [1.807, 2.05) is 0 Å². The molecule has 0 rings (SSSR count). The average Bonchev–Trinajstić information content (AvgIpc) is 2.40. The third-order valence-corrected chi connectivity index (χ3v) is 4.62. The fourth-order valence-electron chi connectivity index (χ4n) is 2.53. The van der Waals surface area contributed by atoms with Gasteiger partial charge in [0, 0.05) is 25.2 Å². The molecule has 0 saturated heterocycles. The molecular formula is C18H40N2. The fraction of sp³-hybridized carbons (Fsp3) is 1.00. The van der Waals surface area contributed by atoms with Crippen LogP contribution < -0.4 is 5.32 Å². The summed E-state index contributed by atoms with van der Waals surface area (Å²) in [6.07, 6.45) is 3.83. The predicted molar refractivity (Wildman–Crippen MR) is 92.3 cm³/mol. The highest BCUT2D eigenvalue weighted by Crippen LogP contribution is 2.24. The maximum atomic E-state index is 3.70. The van der Waals surface area contributed by atoms with E-state index in [2.05, 4.69) is 65.6 Å². The second-order valence-corrected chi connectivity index (χ2v) is 7.78. The van der Waals surface area contributed by atoms with Gasteiger partial charge in [-0.25, -0.2) is 0 Å². The lowest BCUT2D eigenvalue weighted by Gasteiger charge is -2.38. The van der Waals surface area contributed by atoms with Crippen LogP contribution in [0, 0.1) is 11.3 Å². The van der Waals surface area contributed by atoms with Gasteiger partial charge < -0.3 is 10.2 Å². The van der Waals surface area contributed by atoms with Crippen LogP contribution >= 0.6 is 0 Å². The molecule has 0 aromatic heterocycles. The molecule has 0 radical (unpaired) electrons. The second-order valence-electron chi connectivity index (χ2n) is 7.78. The third kappa shape index (κ3) is 8.26. The van der Waals surface area contributed by atoms with Crippen molar-refractivity contribution < 1.29 is 0 Å². The number of hydrogen-bond acceptors (Lipinski definition) is 2. The minimum absolute atomic E-state index is 0.211. The van der Waals surface area contributed by atoms with Gasteiger partial charge in [-0.15, -0.1) is 0 Å². The van der Waals surface area contributed by atoms with Crippen LogP contribution in [0.3, 0.4) is 0 Å². The molecule has 2 nitrogen and oxygen atoms in total. The summed E-state index contributed by atoms with van der Waals surface area (Å²) in [4.78, 5) is 2.66. The van der Waals surface area contributed by atoms with Gasteiger partial charge in [-0.3, -0.25) is 0 Å². The van der Waals surface area contributed by atoms with Gasteiger partial charge in [-0.1, -0.05) is 47.5 Å². The normalized spacial score (nSPS) is 15.9. The molecule has 1 unspecified atom stereocenters. The van der Waals surface area contributed by atoms with Crippen molar-refractivity contribution in [3.63, 3.8) is 0 Å². The summed E-state index contributed by atoms with van der Waals surface area (Å²) in [6.45, 7) is 23.2. The summed E-state index contributed by atoms with van der Waals surface area (Å²) in [5.74, 6) is 0.853. The monoisotopic (exact) mass is 284 g/mol. The zero-order chi connectivity index (χ0) is 15.8. The highest BCUT2D eigenvalue weighted by Gasteiger charge is 2.27. The molecule has 0 spiro atoms. The Labute approximate surface area is 128 Å². The lowest BCUT2D eigenvalue weighted by Crippen LogP contribution is -2.48. The molecule has 2 heteroatoms. The molecule has 0 aliphatic carbocycles. The molecular weight excluding hydrogens is 244 g/mol. The number of hydrogen-bond donors (Lipinski definition) is 1. The summed E-state index contributed by atoms with van der Waals surface area (Å²) >= 11 is 0. The standard InChI is InChI=1S/C18H40N2/c1-9-16(10-2)13-20(12-4)15-18(8,11-3)14-19-17(5,6)7/h16,19H,9-15H2,1-8H3. The molecule has 0 aliphatic rings. The van der Waals surface area contributed by atoms with E-state index in [0.717, 1.165) is 12.5 Å². The van der Waals surface area contributed by atoms with E-state index in [0.29, 0.717) is 5.41 Å². The van der Waals surface area contributed by atoms with Crippen LogP contribution in [0.25, 0.3) is 0 Å². The highest BCUT2D eigenvalue weighted by atomic mass is 15.1. The summed E-state index contributed by atoms with van der Waals surface area (Å²) in [5.41, 5.74) is 0.582. The number of nitrogens with zero attached hydrogens (tertiary/aromatic N) is 1. The van der Waals surface area contributed by atoms with Crippen LogP contribution in [-0.2, 0) is 0 Å². The van der Waals surface area contributed by atoms with E-state index in [-0.39, 0.29) is 5.54 Å². The van der Waals surface area contributed by atoms with E-state index < -0.39 is 0 Å². The van der Waals surface area contributed by atoms with Gasteiger partial charge in [0.1, 0.15) is 0 Å². The second kappa shape index (κ2) is 9.04. The van der Waals surface area contributed by atoms with Gasteiger partial charge in [-0.2, -0.15) is 0 Å². The summed E-state index contributed by atoms with van der Waals surface area (Å²) < 4.78 is 0. The average molecular weight is 285 g/mol. The van der Waals surface area contributed by atoms with Gasteiger partial charge in [0.05, 0.1) is 0 Å². The summed E-state index contributed by atoms with van der Waals surface area (Å²) in [5, 5.41) is 3.70. The molecule has 0 amide bonds. The van der Waals surface area contributed by atoms with Crippen molar-refractivity contribution in [2.45, 2.75) is 80.2 Å². The van der Waals surface area contributed by atoms with E-state index in [4.69, 9.17) is 0 Å². The van der Waals surface area contributed by atoms with Crippen LogP contribution in [0.2, 0.25) is 0 Å². The minimum atomic E-state index is 0.211. The lowest BCUT2D eigenvalue weighted by atomic mass is 9.85. The van der Waals surface area contributed by atoms with Crippen LogP contribution in [0.5, 0.6) is 0 Å². The molecule has 122 valence electrons. The van der Waals surface area contributed by atoms with Crippen molar-refractivity contribution in [2.24, 2.45) is 11.3 Å². The van der Waals surface area contributed by atoms with Gasteiger partial charge in [0.15, 0.2) is 0 Å². The Morgan fingerprint density at radius 2 is 1.50 bits per heavy atom. The molecule has 0 aromatic rings. The largest absolute Gasteiger partial charge is 0.311 e. The molecule has 0 fully saturated rings. The molecule has 0 bridgehead atoms. The first-order chi connectivity index (χ1) is 9.19. The topological polar surface area (TPSA) is 15.3 Å². The zero-order valence-corrected chi connectivity index (χ0v) is 15.5. The molecule has 20 heavy (non-hydrogen) atoms. The molecule has 0 aromatic carbocycles. The summed E-state index contributed by atoms with van der Waals surface area (Å²) in [7, 11) is 0. The Morgan fingerprint density at radius 1 is 0.950 bits per heavy atom. The first-order valence-electron chi connectivity index (χ1n) is 8.67. The lowest BCUT2D eigenvalue weighted by molar-refractivity contribution is 0.133. The Morgan fingerprint density at radius 3 is 1.85 bits per heavy atom. The van der Waals surface area contributed by atoms with Crippen molar-refractivity contribution in [2.75, 3.05) is 26.2 Å². The quantitative estimate of drug-likeness (QED) is 0.633. The molecule has 1 atom stereocenters. The smallest absolute Gasteiger partial charge is 0.00967 e. The number of nitrogens with one attached hydrogen (secondary N) is 1. The van der Waals surface area contributed by atoms with Crippen molar-refractivity contribution in [1.82, 2.24) is 10.2 Å². The fourth-order valence-corrected chi connectivity index (χ4v) is 2.53. The van der Waals surface area contributed by atoms with Gasteiger partial charge >= 0.3 is 0 Å². The highest BCUT2D eigenvalue weighted by molar-refractivity contribution is 4.83. The van der Waals surface area contributed by atoms with Crippen LogP contribution in [0.1, 0.15) is 74.7 Å². The van der Waals surface area contributed by atoms with E-state index >= 15 is 0 Å². The Hall–Kier alpha value is -0.0800. The van der Waals surface area contributed by atoms with Crippen molar-refractivity contribution in [3.05, 3.63) is 0 Å².